The first-order chi connectivity index (χ1) is 14.5. The Bertz CT molecular complexity index is 950. The van der Waals surface area contributed by atoms with E-state index in [0.717, 1.165) is 36.5 Å². The number of nitrogens with zero attached hydrogens (tertiary/aromatic N) is 4. The Morgan fingerprint density at radius 2 is 1.90 bits per heavy atom. The molecule has 0 spiro atoms. The molecule has 2 aliphatic rings. The monoisotopic (exact) mass is 409 g/mol. The summed E-state index contributed by atoms with van der Waals surface area (Å²) in [5.74, 6) is 0.988. The predicted octanol–water partition coefficient (Wildman–Crippen LogP) is 1.87. The molecule has 1 aromatic carbocycles. The molecule has 0 bridgehead atoms. The summed E-state index contributed by atoms with van der Waals surface area (Å²) in [6.07, 6.45) is 2.77. The molecule has 8 heteroatoms. The van der Waals surface area contributed by atoms with Crippen molar-refractivity contribution in [3.05, 3.63) is 47.2 Å². The van der Waals surface area contributed by atoms with Gasteiger partial charge < -0.3 is 10.2 Å². The lowest BCUT2D eigenvalue weighted by atomic mass is 10.1. The minimum Gasteiger partial charge on any atom is -0.352 e. The molecule has 3 heterocycles. The number of aromatic nitrogens is 2. The maximum atomic E-state index is 12.4. The van der Waals surface area contributed by atoms with Crippen molar-refractivity contribution in [2.45, 2.75) is 45.7 Å². The zero-order valence-electron chi connectivity index (χ0n) is 17.3. The summed E-state index contributed by atoms with van der Waals surface area (Å²) < 4.78 is 1.87. The number of carbonyl (C=O) groups excluding carboxylic acids is 3. The quantitative estimate of drug-likeness (QED) is 0.708. The van der Waals surface area contributed by atoms with E-state index in [0.29, 0.717) is 44.6 Å². The molecule has 3 amide bonds. The topological polar surface area (TPSA) is 87.5 Å². The molecule has 8 nitrogen and oxygen atoms in total. The fraction of sp³-hybridized carbons (Fsp3) is 0.455. The van der Waals surface area contributed by atoms with Crippen LogP contribution in [-0.4, -0.2) is 52.0 Å². The van der Waals surface area contributed by atoms with Gasteiger partial charge in [-0.05, 0) is 37.5 Å². The number of anilines is 1. The Balaban J connectivity index is 1.30. The summed E-state index contributed by atoms with van der Waals surface area (Å²) in [5, 5.41) is 7.34. The van der Waals surface area contributed by atoms with Crippen LogP contribution in [0.15, 0.2) is 30.3 Å². The molecule has 4 rings (SSSR count). The van der Waals surface area contributed by atoms with Gasteiger partial charge in [0.05, 0.1) is 18.8 Å². The van der Waals surface area contributed by atoms with Gasteiger partial charge in [-0.2, -0.15) is 5.10 Å². The summed E-state index contributed by atoms with van der Waals surface area (Å²) in [7, 11) is 0. The van der Waals surface area contributed by atoms with Crippen LogP contribution in [0.4, 0.5) is 5.82 Å². The third kappa shape index (κ3) is 4.37. The van der Waals surface area contributed by atoms with Gasteiger partial charge in [0.25, 0.3) is 5.91 Å². The number of aryl methyl sites for hydroxylation is 2. The number of fused-ring (bicyclic) bond motifs is 1. The first-order valence-electron chi connectivity index (χ1n) is 10.5. The highest BCUT2D eigenvalue weighted by molar-refractivity contribution is 5.95. The summed E-state index contributed by atoms with van der Waals surface area (Å²) in [5.41, 5.74) is 2.44. The van der Waals surface area contributed by atoms with Crippen molar-refractivity contribution in [1.29, 1.82) is 0 Å². The van der Waals surface area contributed by atoms with Gasteiger partial charge in [-0.25, -0.2) is 4.68 Å². The minimum absolute atomic E-state index is 0.0840. The first kappa shape index (κ1) is 20.1. The smallest absolute Gasteiger partial charge is 0.251 e. The number of benzene rings is 1. The first-order valence-corrected chi connectivity index (χ1v) is 10.5. The summed E-state index contributed by atoms with van der Waals surface area (Å²) in [6, 6.07) is 9.26. The molecule has 2 aliphatic heterocycles. The number of hydrogen-bond donors (Lipinski definition) is 1. The molecule has 0 atom stereocenters. The molecule has 0 aliphatic carbocycles. The molecule has 1 fully saturated rings. The molecule has 0 radical (unpaired) electrons. The number of hydrogen-bond acceptors (Lipinski definition) is 4. The van der Waals surface area contributed by atoms with Crippen molar-refractivity contribution in [2.24, 2.45) is 0 Å². The van der Waals surface area contributed by atoms with Crippen LogP contribution in [0.3, 0.4) is 0 Å². The minimum atomic E-state index is -0.128. The SMILES string of the molecule is Cc1cc2n(n1)CCC(=O)N2Cc1ccc(C(=O)NCCCN2CCCC2=O)cc1. The van der Waals surface area contributed by atoms with Crippen molar-refractivity contribution in [2.75, 3.05) is 24.5 Å². The fourth-order valence-corrected chi connectivity index (χ4v) is 4.01. The number of carbonyl (C=O) groups is 3. The van der Waals surface area contributed by atoms with Crippen molar-refractivity contribution >= 4 is 23.5 Å². The van der Waals surface area contributed by atoms with Gasteiger partial charge >= 0.3 is 0 Å². The van der Waals surface area contributed by atoms with Crippen LogP contribution in [0.2, 0.25) is 0 Å². The van der Waals surface area contributed by atoms with Crippen LogP contribution in [-0.2, 0) is 22.7 Å². The van der Waals surface area contributed by atoms with E-state index in [2.05, 4.69) is 10.4 Å². The molecule has 0 unspecified atom stereocenters. The normalized spacial score (nSPS) is 16.2. The van der Waals surface area contributed by atoms with E-state index >= 15 is 0 Å². The summed E-state index contributed by atoms with van der Waals surface area (Å²) in [4.78, 5) is 40.0. The summed E-state index contributed by atoms with van der Waals surface area (Å²) in [6.45, 7) is 5.05. The summed E-state index contributed by atoms with van der Waals surface area (Å²) >= 11 is 0. The average molecular weight is 409 g/mol. The highest BCUT2D eigenvalue weighted by Gasteiger charge is 2.25. The number of nitrogens with one attached hydrogen (secondary N) is 1. The zero-order chi connectivity index (χ0) is 21.1. The number of likely N-dealkylation sites (tertiary alicyclic amines) is 1. The lowest BCUT2D eigenvalue weighted by Crippen LogP contribution is -2.36. The van der Waals surface area contributed by atoms with E-state index < -0.39 is 0 Å². The van der Waals surface area contributed by atoms with E-state index in [9.17, 15) is 14.4 Å². The molecule has 158 valence electrons. The second kappa shape index (κ2) is 8.69. The lowest BCUT2D eigenvalue weighted by Gasteiger charge is -2.27. The molecule has 0 saturated carbocycles. The van der Waals surface area contributed by atoms with Crippen molar-refractivity contribution < 1.29 is 14.4 Å². The Morgan fingerprint density at radius 1 is 1.10 bits per heavy atom. The lowest BCUT2D eigenvalue weighted by molar-refractivity contribution is -0.127. The van der Waals surface area contributed by atoms with Crippen LogP contribution >= 0.6 is 0 Å². The van der Waals surface area contributed by atoms with Gasteiger partial charge in [-0.3, -0.25) is 19.3 Å². The zero-order valence-corrected chi connectivity index (χ0v) is 17.3. The van der Waals surface area contributed by atoms with Crippen LogP contribution in [0, 0.1) is 6.92 Å². The molecular formula is C22H27N5O3. The second-order valence-corrected chi connectivity index (χ2v) is 7.89. The maximum absolute atomic E-state index is 12.4. The van der Waals surface area contributed by atoms with Gasteiger partial charge in [0, 0.05) is 44.1 Å². The third-order valence-corrected chi connectivity index (χ3v) is 5.61. The second-order valence-electron chi connectivity index (χ2n) is 7.89. The predicted molar refractivity (Wildman–Crippen MR) is 112 cm³/mol. The van der Waals surface area contributed by atoms with Gasteiger partial charge in [0.1, 0.15) is 5.82 Å². The van der Waals surface area contributed by atoms with E-state index in [1.54, 1.807) is 17.0 Å². The number of amides is 3. The molecule has 1 N–H and O–H groups in total. The molecule has 2 aromatic rings. The molecular weight excluding hydrogens is 382 g/mol. The van der Waals surface area contributed by atoms with Gasteiger partial charge in [0.15, 0.2) is 0 Å². The largest absolute Gasteiger partial charge is 0.352 e. The van der Waals surface area contributed by atoms with Gasteiger partial charge in [-0.15, -0.1) is 0 Å². The van der Waals surface area contributed by atoms with Crippen molar-refractivity contribution in [3.8, 4) is 0 Å². The van der Waals surface area contributed by atoms with E-state index in [4.69, 9.17) is 0 Å². The third-order valence-electron chi connectivity index (χ3n) is 5.61. The molecule has 1 aromatic heterocycles. The van der Waals surface area contributed by atoms with Crippen molar-refractivity contribution in [1.82, 2.24) is 20.0 Å². The van der Waals surface area contributed by atoms with E-state index in [-0.39, 0.29) is 17.7 Å². The van der Waals surface area contributed by atoms with Gasteiger partial charge in [-0.1, -0.05) is 12.1 Å². The maximum Gasteiger partial charge on any atom is 0.251 e. The van der Waals surface area contributed by atoms with Crippen molar-refractivity contribution in [3.63, 3.8) is 0 Å². The van der Waals surface area contributed by atoms with Crippen LogP contribution < -0.4 is 10.2 Å². The Kier molecular flexibility index (Phi) is 5.83. The van der Waals surface area contributed by atoms with E-state index in [1.165, 1.54) is 0 Å². The van der Waals surface area contributed by atoms with Crippen LogP contribution in [0.1, 0.15) is 47.3 Å². The Morgan fingerprint density at radius 3 is 2.63 bits per heavy atom. The molecule has 1 saturated heterocycles. The standard InChI is InChI=1S/C22H27N5O3/c1-16-14-19-26(21(29)9-13-27(19)24-16)15-17-5-7-18(8-6-17)22(30)23-10-3-12-25-11-2-4-20(25)28/h5-8,14H,2-4,9-13,15H2,1H3,(H,23,30). The molecule has 30 heavy (non-hydrogen) atoms. The highest BCUT2D eigenvalue weighted by atomic mass is 16.2. The fourth-order valence-electron chi connectivity index (χ4n) is 4.01. The van der Waals surface area contributed by atoms with Crippen LogP contribution in [0.25, 0.3) is 0 Å². The van der Waals surface area contributed by atoms with E-state index in [1.807, 2.05) is 34.7 Å². The number of rotatable bonds is 7. The Labute approximate surface area is 175 Å². The highest BCUT2D eigenvalue weighted by Crippen LogP contribution is 2.24. The van der Waals surface area contributed by atoms with Gasteiger partial charge in [0.2, 0.25) is 11.8 Å². The average Bonchev–Trinajstić information content (AvgIpc) is 3.32. The van der Waals surface area contributed by atoms with Crippen LogP contribution in [0.5, 0.6) is 0 Å². The Hall–Kier alpha value is -3.16.